The minimum atomic E-state index is -0.231. The fourth-order valence-electron chi connectivity index (χ4n) is 7.06. The van der Waals surface area contributed by atoms with Gasteiger partial charge in [0.15, 0.2) is 5.78 Å². The molecule has 0 heterocycles. The number of rotatable bonds is 0. The number of nitriles is 1. The molecule has 0 aromatic carbocycles. The summed E-state index contributed by atoms with van der Waals surface area (Å²) in [4.78, 5) is 12.0. The largest absolute Gasteiger partial charge is 0.515 e. The molecule has 0 unspecified atom stereocenters. The first-order valence-corrected chi connectivity index (χ1v) is 9.79. The van der Waals surface area contributed by atoms with Crippen molar-refractivity contribution < 1.29 is 9.90 Å². The summed E-state index contributed by atoms with van der Waals surface area (Å²) in [6, 6.07) is 2.65. The van der Waals surface area contributed by atoms with Gasteiger partial charge in [-0.05, 0) is 91.3 Å². The molecule has 25 heavy (non-hydrogen) atoms. The lowest BCUT2D eigenvalue weighted by atomic mass is 9.45. The predicted octanol–water partition coefficient (Wildman–Crippen LogP) is 5.10. The maximum atomic E-state index is 12.0. The van der Waals surface area contributed by atoms with E-state index in [0.717, 1.165) is 49.7 Å². The van der Waals surface area contributed by atoms with Crippen LogP contribution in [0.15, 0.2) is 23.5 Å². The summed E-state index contributed by atoms with van der Waals surface area (Å²) in [5.74, 6) is 1.82. The molecule has 4 rings (SSSR count). The van der Waals surface area contributed by atoms with Crippen LogP contribution in [-0.4, -0.2) is 10.9 Å². The summed E-state index contributed by atoms with van der Waals surface area (Å²) in [7, 11) is 0. The van der Waals surface area contributed by atoms with Gasteiger partial charge < -0.3 is 5.11 Å². The van der Waals surface area contributed by atoms with Crippen LogP contribution in [0.2, 0.25) is 0 Å². The Bertz CT molecular complexity index is 729. The van der Waals surface area contributed by atoms with E-state index in [-0.39, 0.29) is 22.0 Å². The van der Waals surface area contributed by atoms with E-state index >= 15 is 0 Å². The summed E-state index contributed by atoms with van der Waals surface area (Å²) in [6.45, 7) is 6.81. The van der Waals surface area contributed by atoms with Gasteiger partial charge >= 0.3 is 0 Å². The van der Waals surface area contributed by atoms with Crippen LogP contribution in [0.1, 0.15) is 65.7 Å². The number of hydrogen-bond acceptors (Lipinski definition) is 3. The quantitative estimate of drug-likeness (QED) is 0.625. The van der Waals surface area contributed by atoms with E-state index < -0.39 is 0 Å². The summed E-state index contributed by atoms with van der Waals surface area (Å²) in [6.07, 6.45) is 9.80. The van der Waals surface area contributed by atoms with E-state index in [2.05, 4.69) is 26.8 Å². The molecule has 0 aliphatic heterocycles. The minimum Gasteiger partial charge on any atom is -0.515 e. The number of aliphatic hydroxyl groups is 1. The topological polar surface area (TPSA) is 61.1 Å². The van der Waals surface area contributed by atoms with Gasteiger partial charge in [-0.3, -0.25) is 4.79 Å². The highest BCUT2D eigenvalue weighted by Crippen LogP contribution is 2.70. The van der Waals surface area contributed by atoms with E-state index in [1.807, 2.05) is 6.08 Å². The highest BCUT2D eigenvalue weighted by molar-refractivity contribution is 5.92. The van der Waals surface area contributed by atoms with Crippen molar-refractivity contribution >= 4 is 5.78 Å². The van der Waals surface area contributed by atoms with Gasteiger partial charge in [-0.2, -0.15) is 5.26 Å². The lowest BCUT2D eigenvalue weighted by Gasteiger charge is -2.59. The third-order valence-electron chi connectivity index (χ3n) is 8.88. The predicted molar refractivity (Wildman–Crippen MR) is 96.5 cm³/mol. The summed E-state index contributed by atoms with van der Waals surface area (Å²) < 4.78 is 0. The van der Waals surface area contributed by atoms with E-state index in [9.17, 15) is 15.2 Å². The van der Waals surface area contributed by atoms with Crippen LogP contribution in [0.5, 0.6) is 0 Å². The van der Waals surface area contributed by atoms with Crippen LogP contribution in [0.3, 0.4) is 0 Å². The molecule has 3 fully saturated rings. The third kappa shape index (κ3) is 2.00. The van der Waals surface area contributed by atoms with Crippen molar-refractivity contribution in [3.63, 3.8) is 0 Å². The van der Waals surface area contributed by atoms with E-state index in [4.69, 9.17) is 0 Å². The molecule has 0 spiro atoms. The van der Waals surface area contributed by atoms with Crippen LogP contribution < -0.4 is 0 Å². The van der Waals surface area contributed by atoms with Crippen LogP contribution in [-0.2, 0) is 4.79 Å². The van der Waals surface area contributed by atoms with Crippen LogP contribution >= 0.6 is 0 Å². The Labute approximate surface area is 150 Å². The van der Waals surface area contributed by atoms with Crippen molar-refractivity contribution in [2.45, 2.75) is 65.7 Å². The molecule has 4 aliphatic carbocycles. The second kappa shape index (κ2) is 5.22. The number of hydrogen-bond donors (Lipinski definition) is 1. The van der Waals surface area contributed by atoms with E-state index in [1.165, 1.54) is 6.26 Å². The number of carbonyl (C=O) groups excluding carboxylic acids is 1. The Balaban J connectivity index is 1.78. The number of aliphatic hydroxyl groups excluding tert-OH is 1. The molecule has 0 radical (unpaired) electrons. The number of nitrogens with zero attached hydrogens (tertiary/aromatic N) is 1. The lowest BCUT2D eigenvalue weighted by molar-refractivity contribution is -0.117. The first kappa shape index (κ1) is 16.9. The zero-order valence-corrected chi connectivity index (χ0v) is 15.6. The maximum absolute atomic E-state index is 12.0. The van der Waals surface area contributed by atoms with Gasteiger partial charge in [0.1, 0.15) is 0 Å². The van der Waals surface area contributed by atoms with Crippen molar-refractivity contribution in [1.82, 2.24) is 0 Å². The second-order valence-corrected chi connectivity index (χ2v) is 9.62. The molecule has 1 N–H and O–H groups in total. The molecule has 0 amide bonds. The maximum Gasteiger partial charge on any atom is 0.156 e. The van der Waals surface area contributed by atoms with Gasteiger partial charge in [-0.15, -0.1) is 0 Å². The summed E-state index contributed by atoms with van der Waals surface area (Å²) >= 11 is 0. The molecule has 0 saturated heterocycles. The first-order valence-electron chi connectivity index (χ1n) is 9.79. The van der Waals surface area contributed by atoms with Gasteiger partial charge in [0, 0.05) is 6.42 Å². The van der Waals surface area contributed by atoms with Gasteiger partial charge in [-0.25, -0.2) is 0 Å². The van der Waals surface area contributed by atoms with Crippen molar-refractivity contribution in [1.29, 1.82) is 5.26 Å². The van der Waals surface area contributed by atoms with Crippen molar-refractivity contribution in [3.05, 3.63) is 23.5 Å². The van der Waals surface area contributed by atoms with Crippen molar-refractivity contribution in [2.24, 2.45) is 34.0 Å². The minimum absolute atomic E-state index is 0.00163. The average Bonchev–Trinajstić information content (AvgIpc) is 2.87. The lowest BCUT2D eigenvalue weighted by Crippen LogP contribution is -2.52. The Morgan fingerprint density at radius 3 is 2.60 bits per heavy atom. The van der Waals surface area contributed by atoms with E-state index in [0.29, 0.717) is 24.2 Å². The van der Waals surface area contributed by atoms with Gasteiger partial charge in [0.2, 0.25) is 0 Å². The third-order valence-corrected chi connectivity index (χ3v) is 8.88. The smallest absolute Gasteiger partial charge is 0.156 e. The van der Waals surface area contributed by atoms with Crippen molar-refractivity contribution in [2.75, 3.05) is 0 Å². The molecule has 134 valence electrons. The molecule has 0 aromatic rings. The second-order valence-electron chi connectivity index (χ2n) is 9.62. The number of fused-ring (bicyclic) bond motifs is 5. The molecule has 3 saturated carbocycles. The Morgan fingerprint density at radius 2 is 1.92 bits per heavy atom. The monoisotopic (exact) mass is 339 g/mol. The molecule has 6 atom stereocenters. The molecular formula is C22H29NO2. The number of allylic oxidation sites excluding steroid dienone is 2. The molecular weight excluding hydrogens is 310 g/mol. The number of carbonyl (C=O) groups is 1. The van der Waals surface area contributed by atoms with Crippen molar-refractivity contribution in [3.8, 4) is 6.07 Å². The Kier molecular flexibility index (Phi) is 3.53. The molecule has 0 aromatic heterocycles. The summed E-state index contributed by atoms with van der Waals surface area (Å²) in [5.41, 5.74) is 1.90. The van der Waals surface area contributed by atoms with Gasteiger partial charge in [0.25, 0.3) is 0 Å². The van der Waals surface area contributed by atoms with Crippen LogP contribution in [0, 0.1) is 45.3 Å². The molecule has 4 aliphatic rings. The van der Waals surface area contributed by atoms with Crippen LogP contribution in [0.4, 0.5) is 0 Å². The Morgan fingerprint density at radius 1 is 1.20 bits per heavy atom. The SMILES string of the molecule is C[C@]12CCC(=O)C=C1C(=CO)C[C@@H]1[C@@H]2CC[C@@]2(C)[C@H]1CC[C@]2(C)C#N. The van der Waals surface area contributed by atoms with Crippen LogP contribution in [0.25, 0.3) is 0 Å². The average molecular weight is 339 g/mol. The zero-order chi connectivity index (χ0) is 18.0. The standard InChI is InChI=1S/C22H29NO2/c1-20(13-23)7-5-18-16-10-14(12-24)19-11-15(25)4-8-21(19,2)17(16)6-9-22(18,20)3/h11-12,16-18,24H,4-10H2,1-3H3/t16-,17+,18+,20-,21-,22+/m1/s1. The van der Waals surface area contributed by atoms with Gasteiger partial charge in [-0.1, -0.05) is 13.8 Å². The van der Waals surface area contributed by atoms with Gasteiger partial charge in [0.05, 0.1) is 17.7 Å². The van der Waals surface area contributed by atoms with E-state index in [1.54, 1.807) is 0 Å². The normalized spacial score (nSPS) is 50.5. The summed E-state index contributed by atoms with van der Waals surface area (Å²) in [5, 5.41) is 19.8. The fourth-order valence-corrected chi connectivity index (χ4v) is 7.06. The highest BCUT2D eigenvalue weighted by Gasteiger charge is 2.63. The molecule has 3 heteroatoms. The highest BCUT2D eigenvalue weighted by atomic mass is 16.2. The molecule has 3 nitrogen and oxygen atoms in total. The Hall–Kier alpha value is -1.56. The zero-order valence-electron chi connectivity index (χ0n) is 15.6. The fraction of sp³-hybridized carbons (Fsp3) is 0.727. The number of ketones is 1. The first-order chi connectivity index (χ1) is 11.8. The molecule has 0 bridgehead atoms.